The molecule has 5 N–H and O–H groups in total. The first-order valence-corrected chi connectivity index (χ1v) is 8.08. The molecule has 7 heteroatoms. The molecule has 25 heavy (non-hydrogen) atoms. The minimum Gasteiger partial charge on any atom is -0.375 e. The summed E-state index contributed by atoms with van der Waals surface area (Å²) in [5.41, 5.74) is 14.6. The summed E-state index contributed by atoms with van der Waals surface area (Å²) in [5, 5.41) is 2.53. The van der Waals surface area contributed by atoms with E-state index in [0.29, 0.717) is 19.8 Å². The molecule has 7 nitrogen and oxygen atoms in total. The van der Waals surface area contributed by atoms with Crippen LogP contribution >= 0.6 is 0 Å². The quantitative estimate of drug-likeness (QED) is 0.403. The molecule has 0 atom stereocenters. The highest BCUT2D eigenvalue weighted by Gasteiger charge is 2.04. The first-order valence-electron chi connectivity index (χ1n) is 8.08. The third-order valence-electron chi connectivity index (χ3n) is 3.51. The van der Waals surface area contributed by atoms with Gasteiger partial charge in [0.1, 0.15) is 0 Å². The Morgan fingerprint density at radius 3 is 2.68 bits per heavy atom. The SMILES string of the molecule is CCc1ncccc1-c1ccc(COCCNC(=O)N=C(N)N)cc1. The molecule has 1 aromatic carbocycles. The molecular formula is C18H23N5O2. The van der Waals surface area contributed by atoms with Gasteiger partial charge in [-0.1, -0.05) is 37.3 Å². The lowest BCUT2D eigenvalue weighted by molar-refractivity contribution is 0.124. The van der Waals surface area contributed by atoms with E-state index in [9.17, 15) is 4.79 Å². The van der Waals surface area contributed by atoms with Gasteiger partial charge in [0.15, 0.2) is 5.96 Å². The number of ether oxygens (including phenoxy) is 1. The molecule has 2 aromatic rings. The Bertz CT molecular complexity index is 725. The van der Waals surface area contributed by atoms with Crippen molar-refractivity contribution in [1.82, 2.24) is 10.3 Å². The summed E-state index contributed by atoms with van der Waals surface area (Å²) < 4.78 is 5.53. The number of aryl methyl sites for hydroxylation is 1. The van der Waals surface area contributed by atoms with E-state index in [-0.39, 0.29) is 5.96 Å². The Morgan fingerprint density at radius 1 is 1.24 bits per heavy atom. The van der Waals surface area contributed by atoms with Crippen LogP contribution in [-0.4, -0.2) is 30.1 Å². The summed E-state index contributed by atoms with van der Waals surface area (Å²) in [6.45, 7) is 3.27. The molecule has 132 valence electrons. The molecule has 0 fully saturated rings. The largest absolute Gasteiger partial charge is 0.375 e. The second-order valence-electron chi connectivity index (χ2n) is 5.37. The lowest BCUT2D eigenvalue weighted by Crippen LogP contribution is -2.30. The van der Waals surface area contributed by atoms with Crippen molar-refractivity contribution in [2.24, 2.45) is 16.5 Å². The number of carbonyl (C=O) groups excluding carboxylic acids is 1. The van der Waals surface area contributed by atoms with Crippen LogP contribution in [0.5, 0.6) is 0 Å². The first-order chi connectivity index (χ1) is 12.1. The van der Waals surface area contributed by atoms with Crippen LogP contribution in [0.4, 0.5) is 4.79 Å². The number of amides is 2. The van der Waals surface area contributed by atoms with Crippen molar-refractivity contribution in [3.63, 3.8) is 0 Å². The number of nitrogens with zero attached hydrogens (tertiary/aromatic N) is 2. The van der Waals surface area contributed by atoms with Crippen molar-refractivity contribution in [3.8, 4) is 11.1 Å². The summed E-state index contributed by atoms with van der Waals surface area (Å²) >= 11 is 0. The second-order valence-corrected chi connectivity index (χ2v) is 5.37. The highest BCUT2D eigenvalue weighted by Crippen LogP contribution is 2.23. The molecular weight excluding hydrogens is 318 g/mol. The summed E-state index contributed by atoms with van der Waals surface area (Å²) in [7, 11) is 0. The van der Waals surface area contributed by atoms with Crippen LogP contribution in [0.25, 0.3) is 11.1 Å². The standard InChI is InChI=1S/C18H23N5O2/c1-2-16-15(4-3-9-21-16)14-7-5-13(6-8-14)12-25-11-10-22-18(24)23-17(19)20/h3-9H,2,10-12H2,1H3,(H5,19,20,22,23,24). The Labute approximate surface area is 147 Å². The van der Waals surface area contributed by atoms with Crippen LogP contribution in [0, 0.1) is 0 Å². The number of rotatable bonds is 7. The molecule has 0 saturated carbocycles. The van der Waals surface area contributed by atoms with E-state index >= 15 is 0 Å². The molecule has 1 heterocycles. The number of nitrogens with two attached hydrogens (primary N) is 2. The van der Waals surface area contributed by atoms with E-state index < -0.39 is 6.03 Å². The number of nitrogens with one attached hydrogen (secondary N) is 1. The fraction of sp³-hybridized carbons (Fsp3) is 0.278. The van der Waals surface area contributed by atoms with E-state index in [1.165, 1.54) is 0 Å². The van der Waals surface area contributed by atoms with Gasteiger partial charge in [-0.25, -0.2) is 4.79 Å². The molecule has 2 rings (SSSR count). The maximum absolute atomic E-state index is 11.2. The molecule has 0 radical (unpaired) electrons. The zero-order valence-electron chi connectivity index (χ0n) is 14.2. The number of guanidine groups is 1. The molecule has 0 unspecified atom stereocenters. The zero-order valence-corrected chi connectivity index (χ0v) is 14.2. The van der Waals surface area contributed by atoms with Gasteiger partial charge in [-0.05, 0) is 23.6 Å². The molecule has 0 aliphatic heterocycles. The van der Waals surface area contributed by atoms with Gasteiger partial charge in [0.05, 0.1) is 13.2 Å². The number of urea groups is 1. The van der Waals surface area contributed by atoms with E-state index in [0.717, 1.165) is 28.8 Å². The number of hydrogen-bond donors (Lipinski definition) is 3. The van der Waals surface area contributed by atoms with Crippen molar-refractivity contribution in [3.05, 3.63) is 53.9 Å². The van der Waals surface area contributed by atoms with Gasteiger partial charge < -0.3 is 21.5 Å². The van der Waals surface area contributed by atoms with Gasteiger partial charge in [0.2, 0.25) is 0 Å². The lowest BCUT2D eigenvalue weighted by Gasteiger charge is -2.09. The smallest absolute Gasteiger partial charge is 0.344 e. The molecule has 0 spiro atoms. The molecule has 0 aliphatic rings. The Kier molecular flexibility index (Phi) is 6.91. The van der Waals surface area contributed by atoms with Crippen LogP contribution in [0.3, 0.4) is 0 Å². The first kappa shape index (κ1) is 18.4. The Hall–Kier alpha value is -2.93. The summed E-state index contributed by atoms with van der Waals surface area (Å²) in [5.74, 6) is -0.265. The summed E-state index contributed by atoms with van der Waals surface area (Å²) in [6, 6.07) is 11.6. The van der Waals surface area contributed by atoms with Gasteiger partial charge in [-0.15, -0.1) is 0 Å². The van der Waals surface area contributed by atoms with Crippen molar-refractivity contribution >= 4 is 12.0 Å². The molecule has 2 amide bonds. The number of hydrogen-bond acceptors (Lipinski definition) is 3. The summed E-state index contributed by atoms with van der Waals surface area (Å²) in [4.78, 5) is 19.0. The molecule has 1 aromatic heterocycles. The average Bonchev–Trinajstić information content (AvgIpc) is 2.61. The van der Waals surface area contributed by atoms with Crippen molar-refractivity contribution in [2.45, 2.75) is 20.0 Å². The van der Waals surface area contributed by atoms with Crippen LogP contribution in [0.15, 0.2) is 47.6 Å². The van der Waals surface area contributed by atoms with Crippen molar-refractivity contribution < 1.29 is 9.53 Å². The highest BCUT2D eigenvalue weighted by atomic mass is 16.5. The summed E-state index contributed by atoms with van der Waals surface area (Å²) in [6.07, 6.45) is 2.71. The topological polar surface area (TPSA) is 116 Å². The molecule has 0 bridgehead atoms. The van der Waals surface area contributed by atoms with Crippen molar-refractivity contribution in [2.75, 3.05) is 13.2 Å². The van der Waals surface area contributed by atoms with E-state index in [1.807, 2.05) is 24.4 Å². The van der Waals surface area contributed by atoms with E-state index in [1.54, 1.807) is 0 Å². The molecule has 0 saturated heterocycles. The Morgan fingerprint density at radius 2 is 2.00 bits per heavy atom. The van der Waals surface area contributed by atoms with E-state index in [4.69, 9.17) is 16.2 Å². The van der Waals surface area contributed by atoms with Gasteiger partial charge in [0, 0.05) is 24.0 Å². The fourth-order valence-corrected chi connectivity index (χ4v) is 2.34. The minimum absolute atomic E-state index is 0.265. The molecule has 0 aliphatic carbocycles. The number of pyridine rings is 1. The lowest BCUT2D eigenvalue weighted by atomic mass is 10.0. The zero-order chi connectivity index (χ0) is 18.1. The second kappa shape index (κ2) is 9.39. The fourth-order valence-electron chi connectivity index (χ4n) is 2.34. The van der Waals surface area contributed by atoms with Gasteiger partial charge in [0.25, 0.3) is 0 Å². The normalized spacial score (nSPS) is 10.3. The predicted octanol–water partition coefficient (Wildman–Crippen LogP) is 1.81. The number of benzene rings is 1. The predicted molar refractivity (Wildman–Crippen MR) is 97.9 cm³/mol. The van der Waals surface area contributed by atoms with Crippen molar-refractivity contribution in [1.29, 1.82) is 0 Å². The minimum atomic E-state index is -0.573. The highest BCUT2D eigenvalue weighted by molar-refractivity contribution is 5.90. The third kappa shape index (κ3) is 5.89. The number of aliphatic imine (C=N–C) groups is 1. The van der Waals surface area contributed by atoms with Gasteiger partial charge >= 0.3 is 6.03 Å². The number of carbonyl (C=O) groups is 1. The van der Waals surface area contributed by atoms with Crippen LogP contribution < -0.4 is 16.8 Å². The Balaban J connectivity index is 1.81. The van der Waals surface area contributed by atoms with Gasteiger partial charge in [-0.2, -0.15) is 4.99 Å². The number of aromatic nitrogens is 1. The maximum Gasteiger partial charge on any atom is 0.344 e. The third-order valence-corrected chi connectivity index (χ3v) is 3.51. The average molecular weight is 341 g/mol. The van der Waals surface area contributed by atoms with Gasteiger partial charge in [-0.3, -0.25) is 4.98 Å². The van der Waals surface area contributed by atoms with E-state index in [2.05, 4.69) is 40.4 Å². The van der Waals surface area contributed by atoms with Crippen LogP contribution in [0.2, 0.25) is 0 Å². The maximum atomic E-state index is 11.2. The van der Waals surface area contributed by atoms with Crippen LogP contribution in [0.1, 0.15) is 18.2 Å². The monoisotopic (exact) mass is 341 g/mol. The van der Waals surface area contributed by atoms with Crippen LogP contribution in [-0.2, 0) is 17.8 Å².